The first-order chi connectivity index (χ1) is 7.83. The molecule has 0 atom stereocenters. The molecule has 0 aromatic heterocycles. The van der Waals surface area contributed by atoms with Crippen LogP contribution >= 0.6 is 0 Å². The van der Waals surface area contributed by atoms with Crippen LogP contribution in [-0.4, -0.2) is 13.7 Å². The van der Waals surface area contributed by atoms with Gasteiger partial charge in [-0.2, -0.15) is 0 Å². The molecule has 92 valence electrons. The van der Waals surface area contributed by atoms with E-state index in [2.05, 4.69) is 31.2 Å². The Labute approximate surface area is 101 Å². The van der Waals surface area contributed by atoms with Crippen LogP contribution < -0.4 is 0 Å². The fraction of sp³-hybridized carbons (Fsp3) is 0.600. The van der Waals surface area contributed by atoms with Gasteiger partial charge in [0.2, 0.25) is 0 Å². The molecule has 0 saturated carbocycles. The van der Waals surface area contributed by atoms with Gasteiger partial charge >= 0.3 is 0 Å². The smallest absolute Gasteiger partial charge is 0.0462 e. The van der Waals surface area contributed by atoms with Crippen molar-refractivity contribution in [2.24, 2.45) is 0 Å². The van der Waals surface area contributed by atoms with Gasteiger partial charge < -0.3 is 4.74 Å². The van der Waals surface area contributed by atoms with Crippen LogP contribution in [0, 0.1) is 6.92 Å². The monoisotopic (exact) mass is 222 g/mol. The summed E-state index contributed by atoms with van der Waals surface area (Å²) >= 11 is 0. The second kappa shape index (κ2) is 10.7. The molecule has 1 aromatic rings. The Morgan fingerprint density at radius 2 is 1.81 bits per heavy atom. The van der Waals surface area contributed by atoms with Crippen molar-refractivity contribution >= 4 is 0 Å². The lowest BCUT2D eigenvalue weighted by molar-refractivity contribution is 0.192. The maximum Gasteiger partial charge on any atom is 0.0462 e. The summed E-state index contributed by atoms with van der Waals surface area (Å²) in [4.78, 5) is 0. The van der Waals surface area contributed by atoms with Crippen LogP contribution in [0.5, 0.6) is 0 Å². The molecule has 0 aliphatic carbocycles. The highest BCUT2D eigenvalue weighted by molar-refractivity contribution is 5.22. The van der Waals surface area contributed by atoms with E-state index in [1.165, 1.54) is 36.8 Å². The van der Waals surface area contributed by atoms with Gasteiger partial charge in [0.05, 0.1) is 0 Å². The summed E-state index contributed by atoms with van der Waals surface area (Å²) in [5.41, 5.74) is 2.82. The summed E-state index contributed by atoms with van der Waals surface area (Å²) in [6, 6.07) is 8.77. The van der Waals surface area contributed by atoms with E-state index >= 15 is 0 Å². The molecule has 0 amide bonds. The molecular formula is C15H26O. The second-order valence-electron chi connectivity index (χ2n) is 3.79. The van der Waals surface area contributed by atoms with Gasteiger partial charge in [0.25, 0.3) is 0 Å². The number of hydrogen-bond donors (Lipinski definition) is 0. The third-order valence-corrected chi connectivity index (χ3v) is 2.40. The molecule has 0 aliphatic rings. The zero-order chi connectivity index (χ0) is 12.2. The fourth-order valence-corrected chi connectivity index (χ4v) is 1.62. The van der Waals surface area contributed by atoms with Crippen LogP contribution in [0.4, 0.5) is 0 Å². The minimum atomic E-state index is 0.897. The number of benzene rings is 1. The van der Waals surface area contributed by atoms with Gasteiger partial charge in [-0.1, -0.05) is 50.1 Å². The Morgan fingerprint density at radius 3 is 2.44 bits per heavy atom. The van der Waals surface area contributed by atoms with Gasteiger partial charge in [-0.15, -0.1) is 0 Å². The van der Waals surface area contributed by atoms with Crippen LogP contribution in [-0.2, 0) is 11.2 Å². The van der Waals surface area contributed by atoms with Crippen molar-refractivity contribution in [2.45, 2.75) is 46.5 Å². The highest BCUT2D eigenvalue weighted by Crippen LogP contribution is 2.08. The standard InChI is InChI=1S/C13H20O.C2H6/c1-12-7-6-9-13(11-12)8-4-3-5-10-14-2;1-2/h6-7,9,11H,3-5,8,10H2,1-2H3;1-2H3. The van der Waals surface area contributed by atoms with Crippen molar-refractivity contribution < 1.29 is 4.74 Å². The number of rotatable bonds is 6. The lowest BCUT2D eigenvalue weighted by atomic mass is 10.1. The molecule has 0 spiro atoms. The average Bonchev–Trinajstić information content (AvgIpc) is 2.32. The maximum absolute atomic E-state index is 5.01. The van der Waals surface area contributed by atoms with Gasteiger partial charge in [-0.05, 0) is 31.7 Å². The van der Waals surface area contributed by atoms with Crippen molar-refractivity contribution in [1.82, 2.24) is 0 Å². The molecule has 1 rings (SSSR count). The van der Waals surface area contributed by atoms with Crippen molar-refractivity contribution in [3.05, 3.63) is 35.4 Å². The van der Waals surface area contributed by atoms with Gasteiger partial charge in [0.15, 0.2) is 0 Å². The van der Waals surface area contributed by atoms with E-state index in [0.29, 0.717) is 0 Å². The summed E-state index contributed by atoms with van der Waals surface area (Å²) in [6.45, 7) is 7.04. The molecule has 0 N–H and O–H groups in total. The Kier molecular flexibility index (Phi) is 10.1. The molecule has 0 radical (unpaired) electrons. The Balaban J connectivity index is 0.00000106. The Morgan fingerprint density at radius 1 is 1.06 bits per heavy atom. The molecule has 16 heavy (non-hydrogen) atoms. The zero-order valence-corrected chi connectivity index (χ0v) is 11.3. The maximum atomic E-state index is 5.01. The average molecular weight is 222 g/mol. The SMILES string of the molecule is CC.COCCCCCc1cccc(C)c1. The lowest BCUT2D eigenvalue weighted by Gasteiger charge is -2.02. The van der Waals surface area contributed by atoms with Crippen molar-refractivity contribution in [3.8, 4) is 0 Å². The first-order valence-corrected chi connectivity index (χ1v) is 6.37. The molecule has 1 aromatic carbocycles. The summed E-state index contributed by atoms with van der Waals surface area (Å²) in [7, 11) is 1.76. The van der Waals surface area contributed by atoms with E-state index in [1.54, 1.807) is 7.11 Å². The third kappa shape index (κ3) is 7.47. The molecule has 1 heteroatoms. The first kappa shape index (κ1) is 15.2. The molecule has 0 aliphatic heterocycles. The molecular weight excluding hydrogens is 196 g/mol. The van der Waals surface area contributed by atoms with Gasteiger partial charge in [-0.3, -0.25) is 0 Å². The predicted octanol–water partition coefficient (Wildman–Crippen LogP) is 4.38. The molecule has 0 fully saturated rings. The van der Waals surface area contributed by atoms with Gasteiger partial charge in [0, 0.05) is 13.7 Å². The van der Waals surface area contributed by atoms with E-state index in [1.807, 2.05) is 13.8 Å². The summed E-state index contributed by atoms with van der Waals surface area (Å²) < 4.78 is 5.01. The zero-order valence-electron chi connectivity index (χ0n) is 11.3. The summed E-state index contributed by atoms with van der Waals surface area (Å²) in [5, 5.41) is 0. The predicted molar refractivity (Wildman–Crippen MR) is 72.0 cm³/mol. The van der Waals surface area contributed by atoms with E-state index in [0.717, 1.165) is 6.61 Å². The fourth-order valence-electron chi connectivity index (χ4n) is 1.62. The number of ether oxygens (including phenoxy) is 1. The minimum absolute atomic E-state index is 0.897. The summed E-state index contributed by atoms with van der Waals surface area (Å²) in [5.74, 6) is 0. The third-order valence-electron chi connectivity index (χ3n) is 2.40. The van der Waals surface area contributed by atoms with E-state index in [9.17, 15) is 0 Å². The number of methoxy groups -OCH3 is 1. The van der Waals surface area contributed by atoms with Crippen LogP contribution in [0.2, 0.25) is 0 Å². The minimum Gasteiger partial charge on any atom is -0.385 e. The second-order valence-corrected chi connectivity index (χ2v) is 3.79. The molecule has 0 saturated heterocycles. The van der Waals surface area contributed by atoms with Crippen molar-refractivity contribution in [3.63, 3.8) is 0 Å². The number of aryl methyl sites for hydroxylation is 2. The largest absolute Gasteiger partial charge is 0.385 e. The highest BCUT2D eigenvalue weighted by Gasteiger charge is 1.93. The number of hydrogen-bond acceptors (Lipinski definition) is 1. The number of unbranched alkanes of at least 4 members (excludes halogenated alkanes) is 2. The topological polar surface area (TPSA) is 9.23 Å². The van der Waals surface area contributed by atoms with Crippen molar-refractivity contribution in [1.29, 1.82) is 0 Å². The molecule has 1 nitrogen and oxygen atoms in total. The highest BCUT2D eigenvalue weighted by atomic mass is 16.5. The van der Waals surface area contributed by atoms with E-state index < -0.39 is 0 Å². The van der Waals surface area contributed by atoms with Crippen LogP contribution in [0.3, 0.4) is 0 Å². The first-order valence-electron chi connectivity index (χ1n) is 6.37. The van der Waals surface area contributed by atoms with Crippen molar-refractivity contribution in [2.75, 3.05) is 13.7 Å². The molecule has 0 bridgehead atoms. The van der Waals surface area contributed by atoms with E-state index in [-0.39, 0.29) is 0 Å². The molecule has 0 heterocycles. The lowest BCUT2D eigenvalue weighted by Crippen LogP contribution is -1.90. The van der Waals surface area contributed by atoms with E-state index in [4.69, 9.17) is 4.74 Å². The quantitative estimate of drug-likeness (QED) is 0.649. The Hall–Kier alpha value is -0.820. The van der Waals surface area contributed by atoms with Gasteiger partial charge in [0.1, 0.15) is 0 Å². The van der Waals surface area contributed by atoms with Crippen LogP contribution in [0.25, 0.3) is 0 Å². The summed E-state index contributed by atoms with van der Waals surface area (Å²) in [6.07, 6.45) is 4.92. The van der Waals surface area contributed by atoms with Gasteiger partial charge in [-0.25, -0.2) is 0 Å². The molecule has 0 unspecified atom stereocenters. The normalized spacial score (nSPS) is 9.50. The Bertz CT molecular complexity index is 255. The van der Waals surface area contributed by atoms with Crippen LogP contribution in [0.1, 0.15) is 44.2 Å². The van der Waals surface area contributed by atoms with Crippen LogP contribution in [0.15, 0.2) is 24.3 Å².